The lowest BCUT2D eigenvalue weighted by atomic mass is 9.67. The smallest absolute Gasteiger partial charge is 0.246 e. The molecule has 2 atom stereocenters. The number of carbonyl (C=O) groups is 3. The Balaban J connectivity index is 1.30. The van der Waals surface area contributed by atoms with Crippen LogP contribution in [0.1, 0.15) is 55.2 Å². The highest BCUT2D eigenvalue weighted by Crippen LogP contribution is 2.43. The maximum atomic E-state index is 14.4. The summed E-state index contributed by atoms with van der Waals surface area (Å²) < 4.78 is 0. The SMILES string of the molecule is O=C([C@H]1CCCN1C(=O)[C@@H]1CCCN1C(=O)CC(c1ccccc1)(c1ccccc1)c1ccccc1)N1CCCNC1. The van der Waals surface area contributed by atoms with E-state index in [1.54, 1.807) is 9.80 Å². The van der Waals surface area contributed by atoms with Gasteiger partial charge in [-0.1, -0.05) is 91.0 Å². The van der Waals surface area contributed by atoms with Crippen molar-refractivity contribution in [3.8, 4) is 0 Å². The molecule has 3 fully saturated rings. The van der Waals surface area contributed by atoms with Crippen molar-refractivity contribution in [2.24, 2.45) is 0 Å². The number of likely N-dealkylation sites (tertiary alicyclic amines) is 2. The fourth-order valence-corrected chi connectivity index (χ4v) is 7.19. The third-order valence-electron chi connectivity index (χ3n) is 9.29. The van der Waals surface area contributed by atoms with Crippen LogP contribution in [0.2, 0.25) is 0 Å². The molecule has 0 aromatic heterocycles. The highest BCUT2D eigenvalue weighted by molar-refractivity contribution is 5.93. The normalized spacial score (nSPS) is 21.0. The summed E-state index contributed by atoms with van der Waals surface area (Å²) >= 11 is 0. The molecule has 3 heterocycles. The van der Waals surface area contributed by atoms with Gasteiger partial charge in [-0.25, -0.2) is 0 Å². The van der Waals surface area contributed by atoms with Crippen molar-refractivity contribution in [2.75, 3.05) is 32.8 Å². The molecule has 3 saturated heterocycles. The fraction of sp³-hybridized carbons (Fsp3) is 0.400. The summed E-state index contributed by atoms with van der Waals surface area (Å²) in [6, 6.07) is 29.7. The standard InChI is InChI=1S/C35H40N4O3/c40-32(25-35(27-13-4-1-5-14-27,28-15-6-2-7-16-28)29-17-8-3-9-18-29)38-23-10-20-31(38)34(42)39-24-11-19-30(39)33(41)37-22-12-21-36-26-37/h1-9,13-18,30-31,36H,10-12,19-26H2/t30-,31+/m1/s1. The molecule has 0 radical (unpaired) electrons. The molecule has 7 heteroatoms. The van der Waals surface area contributed by atoms with E-state index in [9.17, 15) is 14.4 Å². The van der Waals surface area contributed by atoms with Gasteiger partial charge >= 0.3 is 0 Å². The van der Waals surface area contributed by atoms with Crippen molar-refractivity contribution in [3.63, 3.8) is 0 Å². The topological polar surface area (TPSA) is 73.0 Å². The summed E-state index contributed by atoms with van der Waals surface area (Å²) in [5, 5.41) is 3.27. The number of rotatable bonds is 7. The second-order valence-corrected chi connectivity index (χ2v) is 11.7. The van der Waals surface area contributed by atoms with E-state index >= 15 is 0 Å². The first-order chi connectivity index (χ1) is 20.6. The van der Waals surface area contributed by atoms with Crippen LogP contribution in [0.15, 0.2) is 91.0 Å². The second kappa shape index (κ2) is 12.5. The molecule has 3 aromatic rings. The second-order valence-electron chi connectivity index (χ2n) is 11.7. The molecule has 0 unspecified atom stereocenters. The first-order valence-electron chi connectivity index (χ1n) is 15.4. The number of carbonyl (C=O) groups excluding carboxylic acids is 3. The van der Waals surface area contributed by atoms with Gasteiger partial charge in [0.05, 0.1) is 12.1 Å². The van der Waals surface area contributed by atoms with Crippen LogP contribution in [0.5, 0.6) is 0 Å². The summed E-state index contributed by atoms with van der Waals surface area (Å²) in [6.07, 6.45) is 4.02. The molecule has 1 N–H and O–H groups in total. The Morgan fingerprint density at radius 2 is 1.14 bits per heavy atom. The average molecular weight is 565 g/mol. The number of hydrogen-bond acceptors (Lipinski definition) is 4. The predicted octanol–water partition coefficient (Wildman–Crippen LogP) is 4.17. The highest BCUT2D eigenvalue weighted by atomic mass is 16.2. The summed E-state index contributed by atoms with van der Waals surface area (Å²) in [7, 11) is 0. The van der Waals surface area contributed by atoms with E-state index in [2.05, 4.69) is 41.7 Å². The molecule has 3 aliphatic heterocycles. The van der Waals surface area contributed by atoms with E-state index in [-0.39, 0.29) is 24.1 Å². The highest BCUT2D eigenvalue weighted by Gasteiger charge is 2.46. The third-order valence-corrected chi connectivity index (χ3v) is 9.29. The van der Waals surface area contributed by atoms with E-state index < -0.39 is 17.5 Å². The molecular weight excluding hydrogens is 524 g/mol. The third kappa shape index (κ3) is 5.34. The van der Waals surface area contributed by atoms with Gasteiger partial charge in [0, 0.05) is 26.1 Å². The van der Waals surface area contributed by atoms with Crippen LogP contribution in [0.4, 0.5) is 0 Å². The Labute approximate surface area is 248 Å². The Kier molecular flexibility index (Phi) is 8.38. The molecule has 218 valence electrons. The van der Waals surface area contributed by atoms with E-state index in [0.717, 1.165) is 49.0 Å². The molecule has 0 spiro atoms. The Hall–Kier alpha value is -3.97. The van der Waals surface area contributed by atoms with Gasteiger partial charge in [-0.15, -0.1) is 0 Å². The van der Waals surface area contributed by atoms with Crippen molar-refractivity contribution in [1.29, 1.82) is 0 Å². The van der Waals surface area contributed by atoms with Crippen LogP contribution in [0.25, 0.3) is 0 Å². The summed E-state index contributed by atoms with van der Waals surface area (Å²) in [5.74, 6) is -0.0868. The van der Waals surface area contributed by atoms with Gasteiger partial charge in [-0.05, 0) is 55.3 Å². The molecule has 0 aliphatic carbocycles. The van der Waals surface area contributed by atoms with Crippen molar-refractivity contribution < 1.29 is 14.4 Å². The maximum absolute atomic E-state index is 14.4. The van der Waals surface area contributed by atoms with Crippen molar-refractivity contribution in [3.05, 3.63) is 108 Å². The van der Waals surface area contributed by atoms with Crippen LogP contribution in [0.3, 0.4) is 0 Å². The lowest BCUT2D eigenvalue weighted by molar-refractivity contribution is -0.149. The zero-order valence-electron chi connectivity index (χ0n) is 24.2. The van der Waals surface area contributed by atoms with Crippen LogP contribution in [0, 0.1) is 0 Å². The molecule has 3 amide bonds. The first-order valence-corrected chi connectivity index (χ1v) is 15.4. The van der Waals surface area contributed by atoms with Crippen LogP contribution in [-0.4, -0.2) is 77.4 Å². The van der Waals surface area contributed by atoms with Gasteiger partial charge in [-0.3, -0.25) is 19.7 Å². The first kappa shape index (κ1) is 28.2. The summed E-state index contributed by atoms with van der Waals surface area (Å²) in [5.41, 5.74) is 2.40. The number of nitrogens with zero attached hydrogens (tertiary/aromatic N) is 3. The van der Waals surface area contributed by atoms with Crippen molar-refractivity contribution in [2.45, 2.75) is 56.0 Å². The van der Waals surface area contributed by atoms with Crippen LogP contribution in [-0.2, 0) is 19.8 Å². The molecule has 3 aliphatic rings. The van der Waals surface area contributed by atoms with E-state index in [4.69, 9.17) is 0 Å². The minimum Gasteiger partial charge on any atom is -0.331 e. The monoisotopic (exact) mass is 564 g/mol. The predicted molar refractivity (Wildman–Crippen MR) is 162 cm³/mol. The molecular formula is C35H40N4O3. The molecule has 6 rings (SSSR count). The van der Waals surface area contributed by atoms with Gasteiger partial charge < -0.3 is 14.7 Å². The molecule has 7 nitrogen and oxygen atoms in total. The van der Waals surface area contributed by atoms with Crippen molar-refractivity contribution in [1.82, 2.24) is 20.0 Å². The Bertz CT molecular complexity index is 1280. The zero-order chi connectivity index (χ0) is 28.9. The van der Waals surface area contributed by atoms with Gasteiger partial charge in [0.2, 0.25) is 17.7 Å². The Morgan fingerprint density at radius 1 is 0.643 bits per heavy atom. The molecule has 0 bridgehead atoms. The quantitative estimate of drug-likeness (QED) is 0.438. The minimum absolute atomic E-state index is 0.0279. The van der Waals surface area contributed by atoms with Crippen LogP contribution >= 0.6 is 0 Å². The summed E-state index contributed by atoms with van der Waals surface area (Å²) in [4.78, 5) is 47.4. The molecule has 42 heavy (non-hydrogen) atoms. The largest absolute Gasteiger partial charge is 0.331 e. The Morgan fingerprint density at radius 3 is 1.64 bits per heavy atom. The number of benzene rings is 3. The van der Waals surface area contributed by atoms with Gasteiger partial charge in [0.1, 0.15) is 12.1 Å². The van der Waals surface area contributed by atoms with E-state index in [0.29, 0.717) is 32.6 Å². The lowest BCUT2D eigenvalue weighted by Gasteiger charge is -2.38. The molecule has 3 aromatic carbocycles. The van der Waals surface area contributed by atoms with Crippen molar-refractivity contribution >= 4 is 17.7 Å². The van der Waals surface area contributed by atoms with E-state index in [1.165, 1.54) is 0 Å². The number of nitrogens with one attached hydrogen (secondary N) is 1. The molecule has 0 saturated carbocycles. The fourth-order valence-electron chi connectivity index (χ4n) is 7.19. The number of hydrogen-bond donors (Lipinski definition) is 1. The lowest BCUT2D eigenvalue weighted by Crippen LogP contribution is -2.56. The van der Waals surface area contributed by atoms with E-state index in [1.807, 2.05) is 59.5 Å². The average Bonchev–Trinajstić information content (AvgIpc) is 3.76. The van der Waals surface area contributed by atoms with Crippen LogP contribution < -0.4 is 5.32 Å². The number of amides is 3. The zero-order valence-corrected chi connectivity index (χ0v) is 24.2. The van der Waals surface area contributed by atoms with Gasteiger partial charge in [0.25, 0.3) is 0 Å². The summed E-state index contributed by atoms with van der Waals surface area (Å²) in [6.45, 7) is 3.28. The van der Waals surface area contributed by atoms with Gasteiger partial charge in [-0.2, -0.15) is 0 Å². The minimum atomic E-state index is -0.718. The maximum Gasteiger partial charge on any atom is 0.246 e. The van der Waals surface area contributed by atoms with Gasteiger partial charge in [0.15, 0.2) is 0 Å².